The molecular formula is C26H21ClF3N3O3S. The summed E-state index contributed by atoms with van der Waals surface area (Å²) in [4.78, 5) is 26.2. The van der Waals surface area contributed by atoms with E-state index in [-0.39, 0.29) is 35.3 Å². The van der Waals surface area contributed by atoms with Crippen LogP contribution in [0.25, 0.3) is 17.0 Å². The lowest BCUT2D eigenvalue weighted by molar-refractivity contribution is -0.139. The Labute approximate surface area is 219 Å². The molecule has 1 saturated heterocycles. The Hall–Kier alpha value is -3.24. The Morgan fingerprint density at radius 3 is 2.81 bits per heavy atom. The topological polar surface area (TPSA) is 75.4 Å². The number of aliphatic carboxylic acids is 1. The van der Waals surface area contributed by atoms with E-state index in [0.717, 1.165) is 28.5 Å². The number of carbonyl (C=O) groups excluding carboxylic acids is 1. The summed E-state index contributed by atoms with van der Waals surface area (Å²) in [7, 11) is 0. The number of benzene rings is 2. The smallest absolute Gasteiger partial charge is 0.416 e. The molecule has 3 heterocycles. The number of alkyl halides is 3. The second-order valence-electron chi connectivity index (χ2n) is 9.08. The summed E-state index contributed by atoms with van der Waals surface area (Å²) in [5.41, 5.74) is 0.700. The number of likely N-dealkylation sites (tertiary alicyclic amines) is 1. The predicted octanol–water partition coefficient (Wildman–Crippen LogP) is 6.05. The van der Waals surface area contributed by atoms with Crippen LogP contribution in [0.4, 0.5) is 13.2 Å². The minimum atomic E-state index is -4.53. The quantitative estimate of drug-likeness (QED) is 0.379. The molecule has 0 amide bonds. The van der Waals surface area contributed by atoms with Gasteiger partial charge in [0, 0.05) is 36.0 Å². The normalized spacial score (nSPS) is 19.3. The molecule has 192 valence electrons. The van der Waals surface area contributed by atoms with Crippen LogP contribution < -0.4 is 0 Å². The van der Waals surface area contributed by atoms with Crippen molar-refractivity contribution in [3.8, 4) is 0 Å². The number of nitrogens with zero attached hydrogens (tertiary/aromatic N) is 3. The molecule has 2 aliphatic heterocycles. The summed E-state index contributed by atoms with van der Waals surface area (Å²) >= 11 is 7.15. The van der Waals surface area contributed by atoms with Gasteiger partial charge < -0.3 is 10.0 Å². The third-order valence-electron chi connectivity index (χ3n) is 6.43. The summed E-state index contributed by atoms with van der Waals surface area (Å²) in [5.74, 6) is -0.856. The van der Waals surface area contributed by atoms with Crippen molar-refractivity contribution in [3.05, 3.63) is 80.3 Å². The molecule has 0 aliphatic carbocycles. The van der Waals surface area contributed by atoms with Crippen LogP contribution in [0, 0.1) is 5.92 Å². The number of carboxylic acid groups (broad SMARTS) is 1. The number of ketones is 1. The summed E-state index contributed by atoms with van der Waals surface area (Å²) < 4.78 is 42.0. The number of halogens is 4. The number of carbonyl (C=O) groups is 2. The molecule has 0 spiro atoms. The lowest BCUT2D eigenvalue weighted by Gasteiger charge is -2.18. The van der Waals surface area contributed by atoms with Crippen molar-refractivity contribution >= 4 is 52.1 Å². The first-order valence-corrected chi connectivity index (χ1v) is 12.7. The van der Waals surface area contributed by atoms with Gasteiger partial charge in [-0.3, -0.25) is 14.3 Å². The first-order valence-electron chi connectivity index (χ1n) is 11.5. The summed E-state index contributed by atoms with van der Waals surface area (Å²) in [6, 6.07) is 9.10. The number of thioether (sulfide) groups is 1. The molecule has 3 aromatic rings. The molecule has 1 fully saturated rings. The van der Waals surface area contributed by atoms with Crippen molar-refractivity contribution in [1.82, 2.24) is 14.7 Å². The van der Waals surface area contributed by atoms with Gasteiger partial charge in [0.2, 0.25) is 0 Å². The van der Waals surface area contributed by atoms with Crippen molar-refractivity contribution in [2.45, 2.75) is 25.6 Å². The maximum Gasteiger partial charge on any atom is 0.416 e. The minimum Gasteiger partial charge on any atom is -0.481 e. The lowest BCUT2D eigenvalue weighted by Crippen LogP contribution is -2.18. The number of aromatic nitrogens is 2. The van der Waals surface area contributed by atoms with Gasteiger partial charge >= 0.3 is 12.1 Å². The molecule has 0 bridgehead atoms. The maximum atomic E-state index is 13.5. The van der Waals surface area contributed by atoms with Crippen LogP contribution in [0.15, 0.2) is 58.6 Å². The van der Waals surface area contributed by atoms with E-state index >= 15 is 0 Å². The van der Waals surface area contributed by atoms with Gasteiger partial charge in [0.05, 0.1) is 33.8 Å². The average molecular weight is 548 g/mol. The van der Waals surface area contributed by atoms with Gasteiger partial charge in [0.1, 0.15) is 0 Å². The van der Waals surface area contributed by atoms with E-state index < -0.39 is 17.7 Å². The standard InChI is InChI=1S/C26H21ClF3N3O3S/c27-19-3-2-17(20(10-19)26(28,29)30)14-33-21-4-1-15(7-18(21)12-31-33)8-23-22(34)11-24(37-23)32-6-5-16(13-32)9-25(35)36/h1-4,7-8,10-12,16H,5-6,9,13-14H2,(H,35,36). The molecule has 11 heteroatoms. The van der Waals surface area contributed by atoms with E-state index in [9.17, 15) is 22.8 Å². The van der Waals surface area contributed by atoms with Gasteiger partial charge in [-0.15, -0.1) is 0 Å². The summed E-state index contributed by atoms with van der Waals surface area (Å²) in [5, 5.41) is 14.9. The van der Waals surface area contributed by atoms with Gasteiger partial charge in [-0.2, -0.15) is 18.3 Å². The van der Waals surface area contributed by atoms with Crippen LogP contribution in [-0.4, -0.2) is 44.6 Å². The summed E-state index contributed by atoms with van der Waals surface area (Å²) in [6.07, 6.45) is 1.31. The fraction of sp³-hybridized carbons (Fsp3) is 0.269. The molecule has 2 aromatic carbocycles. The van der Waals surface area contributed by atoms with Crippen LogP contribution in [0.5, 0.6) is 0 Å². The number of rotatable bonds is 6. The molecule has 5 rings (SSSR count). The second kappa shape index (κ2) is 9.90. The van der Waals surface area contributed by atoms with E-state index in [4.69, 9.17) is 16.7 Å². The minimum absolute atomic E-state index is 0.0147. The predicted molar refractivity (Wildman–Crippen MR) is 136 cm³/mol. The molecule has 1 atom stereocenters. The Kier molecular flexibility index (Phi) is 6.80. The van der Waals surface area contributed by atoms with Gasteiger partial charge in [0.15, 0.2) is 5.78 Å². The van der Waals surface area contributed by atoms with E-state index in [1.807, 2.05) is 6.07 Å². The van der Waals surface area contributed by atoms with Crippen LogP contribution in [-0.2, 0) is 22.3 Å². The van der Waals surface area contributed by atoms with Gasteiger partial charge in [0.25, 0.3) is 0 Å². The van der Waals surface area contributed by atoms with Crippen molar-refractivity contribution in [2.75, 3.05) is 13.1 Å². The third-order valence-corrected chi connectivity index (χ3v) is 7.79. The van der Waals surface area contributed by atoms with Crippen molar-refractivity contribution in [3.63, 3.8) is 0 Å². The van der Waals surface area contributed by atoms with Crippen molar-refractivity contribution in [1.29, 1.82) is 0 Å². The molecule has 0 saturated carbocycles. The van der Waals surface area contributed by atoms with Crippen LogP contribution in [0.2, 0.25) is 5.02 Å². The van der Waals surface area contributed by atoms with E-state index in [2.05, 4.69) is 10.00 Å². The number of fused-ring (bicyclic) bond motifs is 1. The van der Waals surface area contributed by atoms with Crippen molar-refractivity contribution in [2.24, 2.45) is 5.92 Å². The molecular weight excluding hydrogens is 527 g/mol. The largest absolute Gasteiger partial charge is 0.481 e. The van der Waals surface area contributed by atoms with Crippen LogP contribution in [0.1, 0.15) is 29.5 Å². The number of hydrogen-bond donors (Lipinski definition) is 1. The first-order chi connectivity index (χ1) is 17.6. The Morgan fingerprint density at radius 1 is 1.24 bits per heavy atom. The number of hydrogen-bond acceptors (Lipinski definition) is 5. The second-order valence-corrected chi connectivity index (χ2v) is 10.6. The highest BCUT2D eigenvalue weighted by atomic mass is 35.5. The molecule has 1 N–H and O–H groups in total. The molecule has 6 nitrogen and oxygen atoms in total. The highest BCUT2D eigenvalue weighted by Crippen LogP contribution is 2.40. The SMILES string of the molecule is O=C(O)CC1CCN(C2=CC(=O)C(=Cc3ccc4c(cnn4Cc4ccc(Cl)cc4C(F)(F)F)c3)S2)C1. The zero-order valence-electron chi connectivity index (χ0n) is 19.3. The van der Waals surface area contributed by atoms with Crippen LogP contribution in [0.3, 0.4) is 0 Å². The zero-order chi connectivity index (χ0) is 26.3. The highest BCUT2D eigenvalue weighted by molar-refractivity contribution is 8.08. The highest BCUT2D eigenvalue weighted by Gasteiger charge is 2.34. The van der Waals surface area contributed by atoms with Crippen LogP contribution >= 0.6 is 23.4 Å². The lowest BCUT2D eigenvalue weighted by atomic mass is 10.1. The summed E-state index contributed by atoms with van der Waals surface area (Å²) in [6.45, 7) is 1.25. The average Bonchev–Trinajstić information content (AvgIpc) is 3.53. The molecule has 1 aromatic heterocycles. The fourth-order valence-corrected chi connectivity index (χ4v) is 5.88. The molecule has 37 heavy (non-hydrogen) atoms. The molecule has 0 radical (unpaired) electrons. The Morgan fingerprint density at radius 2 is 2.05 bits per heavy atom. The van der Waals surface area contributed by atoms with E-state index in [0.29, 0.717) is 23.5 Å². The van der Waals surface area contributed by atoms with Gasteiger partial charge in [-0.25, -0.2) is 0 Å². The van der Waals surface area contributed by atoms with Crippen molar-refractivity contribution < 1.29 is 27.9 Å². The van der Waals surface area contributed by atoms with E-state index in [1.165, 1.54) is 28.6 Å². The monoisotopic (exact) mass is 547 g/mol. The fourth-order valence-electron chi connectivity index (χ4n) is 4.66. The number of carboxylic acids is 1. The molecule has 1 unspecified atom stereocenters. The Balaban J connectivity index is 1.32. The van der Waals surface area contributed by atoms with Gasteiger partial charge in [-0.1, -0.05) is 35.5 Å². The maximum absolute atomic E-state index is 13.5. The molecule has 2 aliphatic rings. The third kappa shape index (κ3) is 5.55. The van der Waals surface area contributed by atoms with Gasteiger partial charge in [-0.05, 0) is 53.8 Å². The first kappa shape index (κ1) is 25.4. The number of allylic oxidation sites excluding steroid dienone is 2. The van der Waals surface area contributed by atoms with E-state index in [1.54, 1.807) is 30.5 Å². The zero-order valence-corrected chi connectivity index (χ0v) is 20.9. The Bertz CT molecular complexity index is 1460.